The van der Waals surface area contributed by atoms with E-state index in [1.165, 1.54) is 24.3 Å². The molecule has 0 radical (unpaired) electrons. The summed E-state index contributed by atoms with van der Waals surface area (Å²) in [6.07, 6.45) is 0. The van der Waals surface area contributed by atoms with Crippen molar-refractivity contribution in [3.63, 3.8) is 0 Å². The van der Waals surface area contributed by atoms with Crippen LogP contribution in [-0.4, -0.2) is 15.6 Å². The lowest BCUT2D eigenvalue weighted by atomic mass is 10.0. The molecule has 3 nitrogen and oxygen atoms in total. The Balaban J connectivity index is 2.05. The Hall–Kier alpha value is -2.27. The molecule has 0 saturated carbocycles. The number of rotatable bonds is 3. The van der Waals surface area contributed by atoms with Gasteiger partial charge in [0.2, 0.25) is 0 Å². The second-order valence-corrected chi connectivity index (χ2v) is 6.19. The topological polar surface area (TPSA) is 34.9 Å². The number of aryl methyl sites for hydroxylation is 1. The fourth-order valence-electron chi connectivity index (χ4n) is 2.55. The molecule has 0 atom stereocenters. The van der Waals surface area contributed by atoms with E-state index in [-0.39, 0.29) is 11.6 Å². The normalized spacial score (nSPS) is 10.8. The van der Waals surface area contributed by atoms with Crippen LogP contribution in [0.3, 0.4) is 0 Å². The van der Waals surface area contributed by atoms with Crippen LogP contribution in [0, 0.1) is 19.7 Å². The van der Waals surface area contributed by atoms with Gasteiger partial charge in [-0.05, 0) is 62.4 Å². The summed E-state index contributed by atoms with van der Waals surface area (Å²) in [5.74, 6) is -0.510. The van der Waals surface area contributed by atoms with Crippen molar-refractivity contribution in [2.45, 2.75) is 13.8 Å². The first kappa shape index (κ1) is 15.6. The molecule has 0 aliphatic heterocycles. The van der Waals surface area contributed by atoms with Gasteiger partial charge < -0.3 is 0 Å². The summed E-state index contributed by atoms with van der Waals surface area (Å²) >= 11 is 3.40. The van der Waals surface area contributed by atoms with Gasteiger partial charge in [0.1, 0.15) is 5.82 Å². The SMILES string of the molecule is Cc1nn(-c2ccc(Br)cc2)c(C)c1C(=O)c1ccc(F)cc1. The van der Waals surface area contributed by atoms with Crippen molar-refractivity contribution < 1.29 is 9.18 Å². The van der Waals surface area contributed by atoms with Gasteiger partial charge in [0, 0.05) is 10.0 Å². The summed E-state index contributed by atoms with van der Waals surface area (Å²) in [5, 5.41) is 4.48. The maximum absolute atomic E-state index is 13.0. The molecule has 0 N–H and O–H groups in total. The van der Waals surface area contributed by atoms with Crippen molar-refractivity contribution in [1.82, 2.24) is 9.78 Å². The van der Waals surface area contributed by atoms with E-state index >= 15 is 0 Å². The molecule has 0 aliphatic rings. The summed E-state index contributed by atoms with van der Waals surface area (Å²) < 4.78 is 15.8. The highest BCUT2D eigenvalue weighted by molar-refractivity contribution is 9.10. The van der Waals surface area contributed by atoms with Crippen molar-refractivity contribution >= 4 is 21.7 Å². The molecule has 3 rings (SSSR count). The molecule has 0 bridgehead atoms. The van der Waals surface area contributed by atoms with Gasteiger partial charge in [-0.1, -0.05) is 15.9 Å². The third kappa shape index (κ3) is 2.97. The smallest absolute Gasteiger partial charge is 0.196 e. The van der Waals surface area contributed by atoms with Crippen LogP contribution in [0.25, 0.3) is 5.69 Å². The molecule has 23 heavy (non-hydrogen) atoms. The molecule has 0 unspecified atom stereocenters. The molecule has 0 aliphatic carbocycles. The largest absolute Gasteiger partial charge is 0.288 e. The standard InChI is InChI=1S/C18H14BrFN2O/c1-11-17(18(23)13-3-7-15(20)8-4-13)12(2)22(21-11)16-9-5-14(19)6-10-16/h3-10H,1-2H3. The second kappa shape index (κ2) is 6.08. The van der Waals surface area contributed by atoms with E-state index in [2.05, 4.69) is 21.0 Å². The molecule has 3 aromatic rings. The lowest BCUT2D eigenvalue weighted by molar-refractivity contribution is 0.103. The summed E-state index contributed by atoms with van der Waals surface area (Å²) in [4.78, 5) is 12.7. The Bertz CT molecular complexity index is 867. The molecule has 0 amide bonds. The predicted molar refractivity (Wildman–Crippen MR) is 90.6 cm³/mol. The lowest BCUT2D eigenvalue weighted by Gasteiger charge is -2.05. The minimum atomic E-state index is -0.361. The second-order valence-electron chi connectivity index (χ2n) is 5.27. The van der Waals surface area contributed by atoms with Gasteiger partial charge in [-0.15, -0.1) is 0 Å². The van der Waals surface area contributed by atoms with Gasteiger partial charge in [-0.2, -0.15) is 5.10 Å². The number of carbonyl (C=O) groups is 1. The average Bonchev–Trinajstić information content (AvgIpc) is 2.83. The maximum atomic E-state index is 13.0. The average molecular weight is 373 g/mol. The Morgan fingerprint density at radius 1 is 1.04 bits per heavy atom. The monoisotopic (exact) mass is 372 g/mol. The third-order valence-corrected chi connectivity index (χ3v) is 4.22. The van der Waals surface area contributed by atoms with Crippen LogP contribution >= 0.6 is 15.9 Å². The molecule has 2 aromatic carbocycles. The first-order valence-electron chi connectivity index (χ1n) is 7.10. The summed E-state index contributed by atoms with van der Waals surface area (Å²) in [6, 6.07) is 13.3. The Labute approximate surface area is 141 Å². The van der Waals surface area contributed by atoms with Gasteiger partial charge in [0.15, 0.2) is 5.78 Å². The van der Waals surface area contributed by atoms with E-state index in [0.717, 1.165) is 15.9 Å². The van der Waals surface area contributed by atoms with Crippen LogP contribution in [0.15, 0.2) is 53.0 Å². The van der Waals surface area contributed by atoms with Crippen LogP contribution in [0.2, 0.25) is 0 Å². The van der Waals surface area contributed by atoms with Gasteiger partial charge in [0.25, 0.3) is 0 Å². The van der Waals surface area contributed by atoms with Crippen LogP contribution in [0.5, 0.6) is 0 Å². The van der Waals surface area contributed by atoms with E-state index < -0.39 is 0 Å². The number of halogens is 2. The van der Waals surface area contributed by atoms with E-state index in [1.54, 1.807) is 11.6 Å². The Morgan fingerprint density at radius 2 is 1.65 bits per heavy atom. The predicted octanol–water partition coefficient (Wildman–Crippen LogP) is 4.62. The molecule has 0 fully saturated rings. The van der Waals surface area contributed by atoms with Crippen LogP contribution < -0.4 is 0 Å². The van der Waals surface area contributed by atoms with E-state index in [1.807, 2.05) is 31.2 Å². The van der Waals surface area contributed by atoms with Crippen molar-refractivity contribution in [1.29, 1.82) is 0 Å². The summed E-state index contributed by atoms with van der Waals surface area (Å²) in [7, 11) is 0. The highest BCUT2D eigenvalue weighted by Gasteiger charge is 2.20. The molecule has 1 aromatic heterocycles. The number of hydrogen-bond donors (Lipinski definition) is 0. The third-order valence-electron chi connectivity index (χ3n) is 3.70. The number of nitrogens with zero attached hydrogens (tertiary/aromatic N) is 2. The van der Waals surface area contributed by atoms with Crippen LogP contribution in [0.4, 0.5) is 4.39 Å². The molecule has 0 spiro atoms. The quantitative estimate of drug-likeness (QED) is 0.628. The maximum Gasteiger partial charge on any atom is 0.196 e. The fourth-order valence-corrected chi connectivity index (χ4v) is 2.81. The molecule has 116 valence electrons. The van der Waals surface area contributed by atoms with Gasteiger partial charge in [-0.3, -0.25) is 4.79 Å². The lowest BCUT2D eigenvalue weighted by Crippen LogP contribution is -2.05. The highest BCUT2D eigenvalue weighted by atomic mass is 79.9. The van der Waals surface area contributed by atoms with Gasteiger partial charge >= 0.3 is 0 Å². The summed E-state index contributed by atoms with van der Waals surface area (Å²) in [5.41, 5.74) is 3.30. The molecule has 1 heterocycles. The summed E-state index contributed by atoms with van der Waals surface area (Å²) in [6.45, 7) is 3.66. The van der Waals surface area contributed by atoms with Crippen molar-refractivity contribution in [2.24, 2.45) is 0 Å². The first-order chi connectivity index (χ1) is 11.0. The van der Waals surface area contributed by atoms with E-state index in [0.29, 0.717) is 16.8 Å². The minimum Gasteiger partial charge on any atom is -0.288 e. The fraction of sp³-hybridized carbons (Fsp3) is 0.111. The van der Waals surface area contributed by atoms with Crippen molar-refractivity contribution in [3.05, 3.63) is 81.3 Å². The number of hydrogen-bond acceptors (Lipinski definition) is 2. The zero-order valence-corrected chi connectivity index (χ0v) is 14.3. The Morgan fingerprint density at radius 3 is 2.26 bits per heavy atom. The van der Waals surface area contributed by atoms with Crippen LogP contribution in [0.1, 0.15) is 27.3 Å². The van der Waals surface area contributed by atoms with Crippen molar-refractivity contribution in [2.75, 3.05) is 0 Å². The zero-order valence-electron chi connectivity index (χ0n) is 12.7. The van der Waals surface area contributed by atoms with E-state index in [4.69, 9.17) is 0 Å². The van der Waals surface area contributed by atoms with Gasteiger partial charge in [-0.25, -0.2) is 9.07 Å². The minimum absolute atomic E-state index is 0.150. The van der Waals surface area contributed by atoms with E-state index in [9.17, 15) is 9.18 Å². The number of aromatic nitrogens is 2. The molecule has 0 saturated heterocycles. The number of ketones is 1. The van der Waals surface area contributed by atoms with Crippen LogP contribution in [-0.2, 0) is 0 Å². The number of carbonyl (C=O) groups excluding carboxylic acids is 1. The Kier molecular flexibility index (Phi) is 4.13. The van der Waals surface area contributed by atoms with Crippen molar-refractivity contribution in [3.8, 4) is 5.69 Å². The van der Waals surface area contributed by atoms with Gasteiger partial charge in [0.05, 0.1) is 22.6 Å². The highest BCUT2D eigenvalue weighted by Crippen LogP contribution is 2.22. The number of benzene rings is 2. The zero-order chi connectivity index (χ0) is 16.6. The molecular formula is C18H14BrFN2O. The molecule has 5 heteroatoms. The molecular weight excluding hydrogens is 359 g/mol. The first-order valence-corrected chi connectivity index (χ1v) is 7.89.